The number of carboxylic acids is 4. The first-order valence-electron chi connectivity index (χ1n) is 11.4. The second-order valence-corrected chi connectivity index (χ2v) is 10.2. The molecule has 0 aliphatic carbocycles. The Morgan fingerprint density at radius 2 is 1.02 bits per heavy atom. The summed E-state index contributed by atoms with van der Waals surface area (Å²) in [5.74, 6) is -7.26. The molecule has 0 fully saturated rings. The highest BCUT2D eigenvalue weighted by molar-refractivity contribution is 7.91. The molecule has 0 atom stereocenters. The van der Waals surface area contributed by atoms with Crippen molar-refractivity contribution < 1.29 is 57.5 Å². The van der Waals surface area contributed by atoms with E-state index in [0.29, 0.717) is 0 Å². The van der Waals surface area contributed by atoms with E-state index in [0.717, 1.165) is 36.4 Å². The van der Waals surface area contributed by atoms with Crippen molar-refractivity contribution in [3.63, 3.8) is 0 Å². The molecule has 4 N–H and O–H groups in total. The topological polar surface area (TPSA) is 202 Å². The largest absolute Gasteiger partial charge is 0.478 e. The van der Waals surface area contributed by atoms with Gasteiger partial charge in [0.25, 0.3) is 0 Å². The summed E-state index contributed by atoms with van der Waals surface area (Å²) in [6.07, 6.45) is 0. The lowest BCUT2D eigenvalue weighted by atomic mass is 10.1. The Balaban J connectivity index is 1.90. The van der Waals surface area contributed by atoms with E-state index < -0.39 is 66.6 Å². The van der Waals surface area contributed by atoms with Crippen LogP contribution >= 0.6 is 0 Å². The van der Waals surface area contributed by atoms with Crippen LogP contribution < -0.4 is 9.47 Å². The van der Waals surface area contributed by atoms with Gasteiger partial charge in [-0.05, 0) is 60.7 Å². The second-order valence-electron chi connectivity index (χ2n) is 8.24. The number of carboxylic acid groups (broad SMARTS) is 4. The highest BCUT2D eigenvalue weighted by Gasteiger charge is 2.27. The lowest BCUT2D eigenvalue weighted by Gasteiger charge is -2.17. The zero-order chi connectivity index (χ0) is 29.9. The molecule has 208 valence electrons. The summed E-state index contributed by atoms with van der Waals surface area (Å²) in [7, 11) is -4.28. The average molecular weight is 579 g/mol. The first-order chi connectivity index (χ1) is 19.4. The van der Waals surface area contributed by atoms with Crippen LogP contribution in [0.25, 0.3) is 0 Å². The minimum absolute atomic E-state index is 0.117. The number of carbonyl (C=O) groups is 4. The molecule has 0 bridgehead atoms. The lowest BCUT2D eigenvalue weighted by Crippen LogP contribution is -2.09. The fourth-order valence-corrected chi connectivity index (χ4v) is 5.17. The van der Waals surface area contributed by atoms with E-state index in [1.165, 1.54) is 42.5 Å². The number of sulfone groups is 1. The molecule has 0 radical (unpaired) electrons. The van der Waals surface area contributed by atoms with Gasteiger partial charge in [-0.15, -0.1) is 0 Å². The summed E-state index contributed by atoms with van der Waals surface area (Å²) in [5.41, 5.74) is -2.27. The van der Waals surface area contributed by atoms with Gasteiger partial charge in [-0.25, -0.2) is 27.6 Å². The Morgan fingerprint density at radius 1 is 0.537 bits per heavy atom. The molecular formula is C28H18O12S. The highest BCUT2D eigenvalue weighted by Crippen LogP contribution is 2.42. The van der Waals surface area contributed by atoms with E-state index in [-0.39, 0.29) is 22.1 Å². The van der Waals surface area contributed by atoms with Crippen LogP contribution in [0.1, 0.15) is 41.4 Å². The van der Waals surface area contributed by atoms with Crippen LogP contribution in [0.4, 0.5) is 0 Å². The molecule has 0 aromatic heterocycles. The van der Waals surface area contributed by atoms with Crippen molar-refractivity contribution in [2.24, 2.45) is 0 Å². The molecule has 41 heavy (non-hydrogen) atoms. The molecule has 4 aromatic rings. The number of rotatable bonds is 10. The van der Waals surface area contributed by atoms with E-state index in [1.54, 1.807) is 6.07 Å². The Kier molecular flexibility index (Phi) is 7.73. The fraction of sp³-hybridized carbons (Fsp3) is 0. The maximum absolute atomic E-state index is 13.6. The van der Waals surface area contributed by atoms with Crippen LogP contribution in [0.3, 0.4) is 0 Å². The van der Waals surface area contributed by atoms with Crippen molar-refractivity contribution in [1.82, 2.24) is 0 Å². The standard InChI is InChI=1S/C28H18O12S/c29-25(30)18-11-9-15(13-20(18)27(33)34)39-22-7-4-8-23(41(37,38)17-5-2-1-3-6-17)24(22)40-16-10-12-19(26(31)32)21(14-16)28(35)36/h1-14H,(H,29,30)(H,31,32)(H,33,34)(H,35,36). The first kappa shape index (κ1) is 28.3. The number of hydrogen-bond acceptors (Lipinski definition) is 8. The molecular weight excluding hydrogens is 560 g/mol. The monoisotopic (exact) mass is 578 g/mol. The van der Waals surface area contributed by atoms with Gasteiger partial charge in [0.05, 0.1) is 27.1 Å². The summed E-state index contributed by atoms with van der Waals surface area (Å²) in [5, 5.41) is 37.5. The third kappa shape index (κ3) is 5.84. The Hall–Kier alpha value is -5.69. The number of hydrogen-bond donors (Lipinski definition) is 4. The van der Waals surface area contributed by atoms with Gasteiger partial charge in [-0.2, -0.15) is 0 Å². The van der Waals surface area contributed by atoms with E-state index in [1.807, 2.05) is 0 Å². The first-order valence-corrected chi connectivity index (χ1v) is 12.9. The molecule has 0 spiro atoms. The van der Waals surface area contributed by atoms with Gasteiger partial charge in [0.2, 0.25) is 9.84 Å². The van der Waals surface area contributed by atoms with Crippen LogP contribution in [0.5, 0.6) is 23.0 Å². The molecule has 13 heteroatoms. The predicted octanol–water partition coefficient (Wildman–Crippen LogP) is 4.90. The molecule has 4 aromatic carbocycles. The SMILES string of the molecule is O=C(O)c1ccc(Oc2cccc(S(=O)(=O)c3ccccc3)c2Oc2ccc(C(=O)O)c(C(=O)O)c2)cc1C(=O)O. The summed E-state index contributed by atoms with van der Waals surface area (Å²) in [6, 6.07) is 17.1. The summed E-state index contributed by atoms with van der Waals surface area (Å²) >= 11 is 0. The van der Waals surface area contributed by atoms with Gasteiger partial charge in [0.15, 0.2) is 11.5 Å². The van der Waals surface area contributed by atoms with Crippen LogP contribution in [0.2, 0.25) is 0 Å². The van der Waals surface area contributed by atoms with Crippen molar-refractivity contribution in [1.29, 1.82) is 0 Å². The normalized spacial score (nSPS) is 10.9. The van der Waals surface area contributed by atoms with Gasteiger partial charge in [-0.1, -0.05) is 24.3 Å². The van der Waals surface area contributed by atoms with Crippen molar-refractivity contribution >= 4 is 33.7 Å². The molecule has 0 unspecified atom stereocenters. The fourth-order valence-electron chi connectivity index (χ4n) is 3.76. The van der Waals surface area contributed by atoms with Crippen LogP contribution in [0, 0.1) is 0 Å². The molecule has 0 saturated carbocycles. The lowest BCUT2D eigenvalue weighted by molar-refractivity contribution is 0.0651. The number of para-hydroxylation sites is 1. The Labute approximate surface area is 231 Å². The smallest absolute Gasteiger partial charge is 0.336 e. The van der Waals surface area contributed by atoms with Crippen molar-refractivity contribution in [2.75, 3.05) is 0 Å². The molecule has 0 amide bonds. The van der Waals surface area contributed by atoms with Crippen molar-refractivity contribution in [3.05, 3.63) is 107 Å². The van der Waals surface area contributed by atoms with Gasteiger partial charge in [-0.3, -0.25) is 0 Å². The highest BCUT2D eigenvalue weighted by atomic mass is 32.2. The third-order valence-electron chi connectivity index (χ3n) is 5.64. The van der Waals surface area contributed by atoms with Crippen molar-refractivity contribution in [2.45, 2.75) is 9.79 Å². The minimum Gasteiger partial charge on any atom is -0.478 e. The van der Waals surface area contributed by atoms with E-state index in [2.05, 4.69) is 0 Å². The molecule has 0 saturated heterocycles. The van der Waals surface area contributed by atoms with Gasteiger partial charge in [0, 0.05) is 0 Å². The van der Waals surface area contributed by atoms with E-state index in [4.69, 9.17) is 9.47 Å². The third-order valence-corrected chi connectivity index (χ3v) is 7.43. The average Bonchev–Trinajstić information content (AvgIpc) is 2.94. The van der Waals surface area contributed by atoms with Gasteiger partial charge in [0.1, 0.15) is 16.4 Å². The Morgan fingerprint density at radius 3 is 1.51 bits per heavy atom. The summed E-state index contributed by atoms with van der Waals surface area (Å²) in [4.78, 5) is 45.7. The maximum Gasteiger partial charge on any atom is 0.336 e. The Bertz CT molecular complexity index is 1810. The summed E-state index contributed by atoms with van der Waals surface area (Å²) in [6.45, 7) is 0. The molecule has 0 heterocycles. The zero-order valence-corrected chi connectivity index (χ0v) is 21.4. The van der Waals surface area contributed by atoms with E-state index >= 15 is 0 Å². The quantitative estimate of drug-likeness (QED) is 0.199. The minimum atomic E-state index is -4.28. The molecule has 4 rings (SSSR count). The molecule has 12 nitrogen and oxygen atoms in total. The van der Waals surface area contributed by atoms with Crippen LogP contribution in [-0.2, 0) is 9.84 Å². The second kappa shape index (κ2) is 11.2. The predicted molar refractivity (Wildman–Crippen MR) is 139 cm³/mol. The van der Waals surface area contributed by atoms with Gasteiger partial charge < -0.3 is 29.9 Å². The van der Waals surface area contributed by atoms with Crippen molar-refractivity contribution in [3.8, 4) is 23.0 Å². The number of benzene rings is 4. The number of aromatic carboxylic acids is 4. The van der Waals surface area contributed by atoms with Gasteiger partial charge >= 0.3 is 23.9 Å². The zero-order valence-electron chi connectivity index (χ0n) is 20.5. The molecule has 0 aliphatic rings. The number of ether oxygens (including phenoxy) is 2. The maximum atomic E-state index is 13.6. The van der Waals surface area contributed by atoms with Crippen LogP contribution in [0.15, 0.2) is 94.7 Å². The summed E-state index contributed by atoms with van der Waals surface area (Å²) < 4.78 is 38.7. The molecule has 0 aliphatic heterocycles. The van der Waals surface area contributed by atoms with E-state index in [9.17, 15) is 48.0 Å². The van der Waals surface area contributed by atoms with Crippen LogP contribution in [-0.4, -0.2) is 52.7 Å².